The highest BCUT2D eigenvalue weighted by Gasteiger charge is 2.24. The number of aromatic nitrogens is 1. The van der Waals surface area contributed by atoms with E-state index in [1.165, 1.54) is 0 Å². The van der Waals surface area contributed by atoms with Crippen LogP contribution in [0.5, 0.6) is 5.75 Å². The van der Waals surface area contributed by atoms with E-state index in [4.69, 9.17) is 21.1 Å². The minimum atomic E-state index is -0.0582. The molecule has 1 unspecified atom stereocenters. The predicted octanol–water partition coefficient (Wildman–Crippen LogP) is 4.54. The van der Waals surface area contributed by atoms with Gasteiger partial charge in [0.1, 0.15) is 5.75 Å². The summed E-state index contributed by atoms with van der Waals surface area (Å²) >= 11 is 6.28. The number of ether oxygens (including phenoxy) is 2. The molecule has 1 saturated heterocycles. The van der Waals surface area contributed by atoms with Crippen molar-refractivity contribution in [2.24, 2.45) is 0 Å². The lowest BCUT2D eigenvalue weighted by molar-refractivity contribution is 0.0303. The minimum Gasteiger partial charge on any atom is -0.497 e. The van der Waals surface area contributed by atoms with E-state index < -0.39 is 0 Å². The number of nitrogens with zero attached hydrogens (tertiary/aromatic N) is 2. The van der Waals surface area contributed by atoms with Gasteiger partial charge in [0.05, 0.1) is 37.1 Å². The number of hydrogen-bond acceptors (Lipinski definition) is 5. The second-order valence-electron chi connectivity index (χ2n) is 7.25. The zero-order chi connectivity index (χ0) is 21.1. The summed E-state index contributed by atoms with van der Waals surface area (Å²) in [4.78, 5) is 19.6. The molecule has 0 aliphatic carbocycles. The Bertz CT molecular complexity index is 1050. The standard InChI is InChI=1S/C23H24ClN3O3/c1-15(16-3-6-18(29-2)7-4-16)26-22-19-13-17(24)5-8-21(19)25-14-20(22)23(28)27-9-11-30-12-10-27/h3-8,13-15H,9-12H2,1-2H3,(H,25,26). The lowest BCUT2D eigenvalue weighted by atomic mass is 10.0. The maximum absolute atomic E-state index is 13.3. The first-order chi connectivity index (χ1) is 14.6. The Morgan fingerprint density at radius 1 is 1.20 bits per heavy atom. The van der Waals surface area contributed by atoms with E-state index >= 15 is 0 Å². The molecule has 0 radical (unpaired) electrons. The number of nitrogens with one attached hydrogen (secondary N) is 1. The fourth-order valence-corrected chi connectivity index (χ4v) is 3.78. The molecule has 7 heteroatoms. The lowest BCUT2D eigenvalue weighted by Gasteiger charge is -2.28. The van der Waals surface area contributed by atoms with Crippen molar-refractivity contribution in [3.8, 4) is 5.75 Å². The quantitative estimate of drug-likeness (QED) is 0.650. The molecule has 2 heterocycles. The van der Waals surface area contributed by atoms with Crippen LogP contribution in [0, 0.1) is 0 Å². The number of fused-ring (bicyclic) bond motifs is 1. The second-order valence-corrected chi connectivity index (χ2v) is 7.69. The third kappa shape index (κ3) is 4.20. The molecule has 1 amide bonds. The molecule has 0 bridgehead atoms. The van der Waals surface area contributed by atoms with Crippen LogP contribution in [0.3, 0.4) is 0 Å². The summed E-state index contributed by atoms with van der Waals surface area (Å²) in [5.74, 6) is 0.743. The van der Waals surface area contributed by atoms with Gasteiger partial charge in [-0.3, -0.25) is 9.78 Å². The topological polar surface area (TPSA) is 63.7 Å². The molecular weight excluding hydrogens is 402 g/mol. The number of carbonyl (C=O) groups is 1. The van der Waals surface area contributed by atoms with Crippen LogP contribution in [0.4, 0.5) is 5.69 Å². The van der Waals surface area contributed by atoms with E-state index in [-0.39, 0.29) is 11.9 Å². The summed E-state index contributed by atoms with van der Waals surface area (Å²) in [5, 5.41) is 4.96. The Labute approximate surface area is 180 Å². The Kier molecular flexibility index (Phi) is 6.06. The first kappa shape index (κ1) is 20.4. The fraction of sp³-hybridized carbons (Fsp3) is 0.304. The number of rotatable bonds is 5. The normalized spacial score (nSPS) is 15.1. The van der Waals surface area contributed by atoms with Crippen LogP contribution >= 0.6 is 11.6 Å². The van der Waals surface area contributed by atoms with Gasteiger partial charge in [0.15, 0.2) is 0 Å². The fourth-order valence-electron chi connectivity index (χ4n) is 3.61. The van der Waals surface area contributed by atoms with Crippen molar-refractivity contribution in [1.29, 1.82) is 0 Å². The predicted molar refractivity (Wildman–Crippen MR) is 119 cm³/mol. The molecule has 1 atom stereocenters. The Morgan fingerprint density at radius 2 is 1.93 bits per heavy atom. The van der Waals surface area contributed by atoms with Crippen molar-refractivity contribution < 1.29 is 14.3 Å². The van der Waals surface area contributed by atoms with Crippen molar-refractivity contribution in [2.75, 3.05) is 38.7 Å². The van der Waals surface area contributed by atoms with Crippen LogP contribution in [-0.4, -0.2) is 49.2 Å². The second kappa shape index (κ2) is 8.90. The van der Waals surface area contributed by atoms with Crippen molar-refractivity contribution in [1.82, 2.24) is 9.88 Å². The van der Waals surface area contributed by atoms with Crippen LogP contribution in [-0.2, 0) is 4.74 Å². The summed E-state index contributed by atoms with van der Waals surface area (Å²) in [5.41, 5.74) is 3.13. The number of methoxy groups -OCH3 is 1. The highest BCUT2D eigenvalue weighted by molar-refractivity contribution is 6.31. The molecule has 1 aromatic heterocycles. The third-order valence-electron chi connectivity index (χ3n) is 5.34. The summed E-state index contributed by atoms with van der Waals surface area (Å²) < 4.78 is 10.6. The Hall–Kier alpha value is -2.83. The number of morpholine rings is 1. The van der Waals surface area contributed by atoms with Gasteiger partial charge >= 0.3 is 0 Å². The number of amides is 1. The zero-order valence-electron chi connectivity index (χ0n) is 17.0. The molecular formula is C23H24ClN3O3. The van der Waals surface area contributed by atoms with Crippen molar-refractivity contribution in [3.63, 3.8) is 0 Å². The molecule has 0 spiro atoms. The minimum absolute atomic E-state index is 0.0447. The van der Waals surface area contributed by atoms with Gasteiger partial charge in [-0.15, -0.1) is 0 Å². The van der Waals surface area contributed by atoms with E-state index in [1.807, 2.05) is 36.4 Å². The summed E-state index contributed by atoms with van der Waals surface area (Å²) in [6.07, 6.45) is 1.65. The number of hydrogen-bond donors (Lipinski definition) is 1. The number of carbonyl (C=O) groups excluding carboxylic acids is 1. The Balaban J connectivity index is 1.74. The first-order valence-electron chi connectivity index (χ1n) is 9.92. The van der Waals surface area contributed by atoms with Gasteiger partial charge in [-0.1, -0.05) is 23.7 Å². The summed E-state index contributed by atoms with van der Waals surface area (Å²) in [6.45, 7) is 4.29. The molecule has 1 aliphatic rings. The maximum Gasteiger partial charge on any atom is 0.257 e. The summed E-state index contributed by atoms with van der Waals surface area (Å²) in [7, 11) is 1.65. The average molecular weight is 426 g/mol. The van der Waals surface area contributed by atoms with Gasteiger partial charge < -0.3 is 19.7 Å². The molecule has 156 valence electrons. The van der Waals surface area contributed by atoms with E-state index in [1.54, 1.807) is 24.3 Å². The highest BCUT2D eigenvalue weighted by Crippen LogP contribution is 2.32. The van der Waals surface area contributed by atoms with Crippen LogP contribution < -0.4 is 10.1 Å². The number of anilines is 1. The molecule has 2 aromatic carbocycles. The van der Waals surface area contributed by atoms with Gasteiger partial charge in [-0.05, 0) is 42.8 Å². The molecule has 6 nitrogen and oxygen atoms in total. The van der Waals surface area contributed by atoms with Crippen LogP contribution in [0.15, 0.2) is 48.7 Å². The number of pyridine rings is 1. The molecule has 4 rings (SSSR count). The number of benzene rings is 2. The van der Waals surface area contributed by atoms with Gasteiger partial charge in [-0.25, -0.2) is 0 Å². The van der Waals surface area contributed by atoms with E-state index in [2.05, 4.69) is 17.2 Å². The van der Waals surface area contributed by atoms with Crippen LogP contribution in [0.25, 0.3) is 10.9 Å². The largest absolute Gasteiger partial charge is 0.497 e. The Morgan fingerprint density at radius 3 is 2.63 bits per heavy atom. The van der Waals surface area contributed by atoms with Crippen molar-refractivity contribution in [2.45, 2.75) is 13.0 Å². The molecule has 1 N–H and O–H groups in total. The van der Waals surface area contributed by atoms with Gasteiger partial charge in [0.2, 0.25) is 0 Å². The molecule has 30 heavy (non-hydrogen) atoms. The molecule has 3 aromatic rings. The van der Waals surface area contributed by atoms with Crippen LogP contribution in [0.1, 0.15) is 28.9 Å². The summed E-state index contributed by atoms with van der Waals surface area (Å²) in [6, 6.07) is 13.3. The van der Waals surface area contributed by atoms with E-state index in [0.717, 1.165) is 27.9 Å². The maximum atomic E-state index is 13.3. The average Bonchev–Trinajstić information content (AvgIpc) is 2.79. The molecule has 0 saturated carbocycles. The highest BCUT2D eigenvalue weighted by atomic mass is 35.5. The van der Waals surface area contributed by atoms with Gasteiger partial charge in [0, 0.05) is 35.7 Å². The SMILES string of the molecule is COc1ccc(C(C)Nc2c(C(=O)N3CCOCC3)cnc3ccc(Cl)cc23)cc1. The van der Waals surface area contributed by atoms with Gasteiger partial charge in [0.25, 0.3) is 5.91 Å². The monoisotopic (exact) mass is 425 g/mol. The molecule has 1 aliphatic heterocycles. The van der Waals surface area contributed by atoms with Gasteiger partial charge in [-0.2, -0.15) is 0 Å². The zero-order valence-corrected chi connectivity index (χ0v) is 17.8. The van der Waals surface area contributed by atoms with E-state index in [0.29, 0.717) is 36.9 Å². The van der Waals surface area contributed by atoms with Crippen LogP contribution in [0.2, 0.25) is 5.02 Å². The molecule has 1 fully saturated rings. The van der Waals surface area contributed by atoms with Crippen molar-refractivity contribution in [3.05, 3.63) is 64.8 Å². The first-order valence-corrected chi connectivity index (χ1v) is 10.3. The number of halogens is 1. The third-order valence-corrected chi connectivity index (χ3v) is 5.57. The lowest BCUT2D eigenvalue weighted by Crippen LogP contribution is -2.41. The van der Waals surface area contributed by atoms with Crippen molar-refractivity contribution >= 4 is 34.1 Å². The van der Waals surface area contributed by atoms with E-state index in [9.17, 15) is 4.79 Å². The smallest absolute Gasteiger partial charge is 0.257 e.